The smallest absolute Gasteiger partial charge is 0.262 e. The van der Waals surface area contributed by atoms with Crippen LogP contribution in [0.2, 0.25) is 5.02 Å². The number of benzene rings is 2. The van der Waals surface area contributed by atoms with Crippen LogP contribution in [-0.2, 0) is 11.3 Å². The van der Waals surface area contributed by atoms with Crippen LogP contribution in [0.3, 0.4) is 0 Å². The largest absolute Gasteiger partial charge is 0.493 e. The number of methoxy groups -OCH3 is 1. The third-order valence-electron chi connectivity index (χ3n) is 4.19. The van der Waals surface area contributed by atoms with Crippen molar-refractivity contribution in [1.29, 1.82) is 0 Å². The van der Waals surface area contributed by atoms with E-state index in [9.17, 15) is 4.79 Å². The molecule has 2 aromatic carbocycles. The standard InChI is InChI=1S/C21H23ClN2O3S/c1-15-5-3-6-17(13-15)27-11-12-28-21-23-19-14-16(22)7-8-18(19)20(25)24(21)9-4-10-26-2/h3,5-8,13-14H,4,9-12H2,1-2H3. The van der Waals surface area contributed by atoms with Gasteiger partial charge in [0.2, 0.25) is 0 Å². The van der Waals surface area contributed by atoms with E-state index in [1.54, 1.807) is 29.9 Å². The Bertz CT molecular complexity index is 1010. The lowest BCUT2D eigenvalue weighted by molar-refractivity contribution is 0.189. The first-order valence-electron chi connectivity index (χ1n) is 9.10. The highest BCUT2D eigenvalue weighted by Crippen LogP contribution is 2.21. The van der Waals surface area contributed by atoms with E-state index >= 15 is 0 Å². The van der Waals surface area contributed by atoms with Gasteiger partial charge < -0.3 is 9.47 Å². The van der Waals surface area contributed by atoms with E-state index in [0.717, 1.165) is 17.7 Å². The number of rotatable bonds is 9. The van der Waals surface area contributed by atoms with Crippen LogP contribution in [0.1, 0.15) is 12.0 Å². The number of thioether (sulfide) groups is 1. The van der Waals surface area contributed by atoms with Gasteiger partial charge in [-0.3, -0.25) is 9.36 Å². The van der Waals surface area contributed by atoms with E-state index in [1.807, 2.05) is 31.2 Å². The molecule has 5 nitrogen and oxygen atoms in total. The van der Waals surface area contributed by atoms with Crippen LogP contribution in [0.25, 0.3) is 10.9 Å². The van der Waals surface area contributed by atoms with E-state index in [0.29, 0.717) is 46.6 Å². The van der Waals surface area contributed by atoms with Gasteiger partial charge in [0.1, 0.15) is 5.75 Å². The molecule has 0 bridgehead atoms. The van der Waals surface area contributed by atoms with Gasteiger partial charge in [0.05, 0.1) is 17.5 Å². The molecule has 148 valence electrons. The van der Waals surface area contributed by atoms with Gasteiger partial charge in [-0.1, -0.05) is 35.5 Å². The Morgan fingerprint density at radius 3 is 2.82 bits per heavy atom. The molecular weight excluding hydrogens is 396 g/mol. The number of aryl methyl sites for hydroxylation is 1. The minimum absolute atomic E-state index is 0.0557. The van der Waals surface area contributed by atoms with Crippen LogP contribution < -0.4 is 10.3 Å². The third kappa shape index (κ3) is 5.28. The molecule has 0 aliphatic rings. The number of hydrogen-bond donors (Lipinski definition) is 0. The SMILES string of the molecule is COCCCn1c(SCCOc2cccc(C)c2)nc2cc(Cl)ccc2c1=O. The first-order valence-corrected chi connectivity index (χ1v) is 10.5. The lowest BCUT2D eigenvalue weighted by atomic mass is 10.2. The maximum absolute atomic E-state index is 12.9. The van der Waals surface area contributed by atoms with Crippen LogP contribution in [0.4, 0.5) is 0 Å². The molecule has 0 spiro atoms. The minimum Gasteiger partial charge on any atom is -0.493 e. The van der Waals surface area contributed by atoms with Crippen molar-refractivity contribution in [1.82, 2.24) is 9.55 Å². The summed E-state index contributed by atoms with van der Waals surface area (Å²) in [5.41, 5.74) is 1.72. The van der Waals surface area contributed by atoms with Crippen LogP contribution in [0.15, 0.2) is 52.4 Å². The molecule has 0 amide bonds. The number of aromatic nitrogens is 2. The van der Waals surface area contributed by atoms with E-state index < -0.39 is 0 Å². The molecule has 0 aliphatic carbocycles. The lowest BCUT2D eigenvalue weighted by Gasteiger charge is -2.13. The topological polar surface area (TPSA) is 53.4 Å². The van der Waals surface area contributed by atoms with Gasteiger partial charge in [0.15, 0.2) is 5.16 Å². The Morgan fingerprint density at radius 1 is 1.18 bits per heavy atom. The predicted molar refractivity (Wildman–Crippen MR) is 115 cm³/mol. The van der Waals surface area contributed by atoms with Gasteiger partial charge in [-0.2, -0.15) is 0 Å². The summed E-state index contributed by atoms with van der Waals surface area (Å²) in [6.07, 6.45) is 0.741. The molecule has 0 radical (unpaired) electrons. The number of nitrogens with zero attached hydrogens (tertiary/aromatic N) is 2. The molecule has 0 N–H and O–H groups in total. The molecule has 1 heterocycles. The number of fused-ring (bicyclic) bond motifs is 1. The zero-order chi connectivity index (χ0) is 19.9. The second kappa shape index (κ2) is 9.96. The van der Waals surface area contributed by atoms with Crippen molar-refractivity contribution in [3.8, 4) is 5.75 Å². The fourth-order valence-electron chi connectivity index (χ4n) is 2.85. The maximum atomic E-state index is 12.9. The van der Waals surface area contributed by atoms with Gasteiger partial charge in [-0.25, -0.2) is 4.98 Å². The molecule has 0 fully saturated rings. The number of ether oxygens (including phenoxy) is 2. The third-order valence-corrected chi connectivity index (χ3v) is 5.36. The Labute approximate surface area is 173 Å². The zero-order valence-corrected chi connectivity index (χ0v) is 17.6. The summed E-state index contributed by atoms with van der Waals surface area (Å²) >= 11 is 7.59. The molecule has 7 heteroatoms. The highest BCUT2D eigenvalue weighted by Gasteiger charge is 2.12. The van der Waals surface area contributed by atoms with Crippen molar-refractivity contribution in [3.05, 3.63) is 63.4 Å². The molecule has 3 aromatic rings. The van der Waals surface area contributed by atoms with Crippen molar-refractivity contribution in [2.24, 2.45) is 0 Å². The van der Waals surface area contributed by atoms with Gasteiger partial charge >= 0.3 is 0 Å². The summed E-state index contributed by atoms with van der Waals surface area (Å²) < 4.78 is 12.6. The molecule has 0 saturated heterocycles. The minimum atomic E-state index is -0.0557. The normalized spacial score (nSPS) is 11.1. The average molecular weight is 419 g/mol. The summed E-state index contributed by atoms with van der Waals surface area (Å²) in [5, 5.41) is 1.81. The second-order valence-corrected chi connectivity index (χ2v) is 7.87. The van der Waals surface area contributed by atoms with E-state index in [4.69, 9.17) is 21.1 Å². The fourth-order valence-corrected chi connectivity index (χ4v) is 3.85. The Morgan fingerprint density at radius 2 is 2.04 bits per heavy atom. The van der Waals surface area contributed by atoms with Crippen molar-refractivity contribution in [2.45, 2.75) is 25.0 Å². The number of halogens is 1. The highest BCUT2D eigenvalue weighted by molar-refractivity contribution is 7.99. The Kier molecular flexibility index (Phi) is 7.36. The molecule has 0 unspecified atom stereocenters. The maximum Gasteiger partial charge on any atom is 0.262 e. The molecule has 3 rings (SSSR count). The van der Waals surface area contributed by atoms with Crippen molar-refractivity contribution >= 4 is 34.3 Å². The molecular formula is C21H23ClN2O3S. The van der Waals surface area contributed by atoms with Crippen molar-refractivity contribution < 1.29 is 9.47 Å². The van der Waals surface area contributed by atoms with Gasteiger partial charge in [-0.05, 0) is 49.2 Å². The lowest BCUT2D eigenvalue weighted by Crippen LogP contribution is -2.24. The molecule has 0 saturated carbocycles. The van der Waals surface area contributed by atoms with Crippen LogP contribution in [-0.4, -0.2) is 35.6 Å². The van der Waals surface area contributed by atoms with E-state index in [2.05, 4.69) is 4.98 Å². The summed E-state index contributed by atoms with van der Waals surface area (Å²) in [6, 6.07) is 13.1. The van der Waals surface area contributed by atoms with Crippen LogP contribution in [0, 0.1) is 6.92 Å². The average Bonchev–Trinajstić information content (AvgIpc) is 2.67. The van der Waals surface area contributed by atoms with Gasteiger partial charge in [-0.15, -0.1) is 0 Å². The van der Waals surface area contributed by atoms with Crippen LogP contribution in [0.5, 0.6) is 5.75 Å². The van der Waals surface area contributed by atoms with Crippen molar-refractivity contribution in [3.63, 3.8) is 0 Å². The molecule has 0 atom stereocenters. The number of hydrogen-bond acceptors (Lipinski definition) is 5. The highest BCUT2D eigenvalue weighted by atomic mass is 35.5. The van der Waals surface area contributed by atoms with Crippen molar-refractivity contribution in [2.75, 3.05) is 26.1 Å². The van der Waals surface area contributed by atoms with Crippen LogP contribution >= 0.6 is 23.4 Å². The molecule has 28 heavy (non-hydrogen) atoms. The molecule has 1 aromatic heterocycles. The Balaban J connectivity index is 1.77. The van der Waals surface area contributed by atoms with Gasteiger partial charge in [0, 0.05) is 31.0 Å². The summed E-state index contributed by atoms with van der Waals surface area (Å²) in [4.78, 5) is 17.6. The summed E-state index contributed by atoms with van der Waals surface area (Å²) in [6.45, 7) is 3.70. The molecule has 0 aliphatic heterocycles. The first-order chi connectivity index (χ1) is 13.6. The summed E-state index contributed by atoms with van der Waals surface area (Å²) in [5.74, 6) is 1.52. The second-order valence-electron chi connectivity index (χ2n) is 6.37. The van der Waals surface area contributed by atoms with E-state index in [-0.39, 0.29) is 5.56 Å². The Hall–Kier alpha value is -2.02. The fraction of sp³-hybridized carbons (Fsp3) is 0.333. The quantitative estimate of drug-likeness (QED) is 0.289. The predicted octanol–water partition coefficient (Wildman–Crippen LogP) is 4.57. The summed E-state index contributed by atoms with van der Waals surface area (Å²) in [7, 11) is 1.65. The van der Waals surface area contributed by atoms with Gasteiger partial charge in [0.25, 0.3) is 5.56 Å². The zero-order valence-electron chi connectivity index (χ0n) is 16.0. The van der Waals surface area contributed by atoms with E-state index in [1.165, 1.54) is 11.8 Å². The first kappa shape index (κ1) is 20.7. The monoisotopic (exact) mass is 418 g/mol.